The predicted molar refractivity (Wildman–Crippen MR) is 110 cm³/mol. The molecule has 0 spiro atoms. The average Bonchev–Trinajstić information content (AvgIpc) is 3.10. The molecule has 1 heterocycles. The van der Waals surface area contributed by atoms with Crippen molar-refractivity contribution in [3.05, 3.63) is 36.5 Å². The number of aliphatic hydroxyl groups excluding tert-OH is 3. The van der Waals surface area contributed by atoms with Crippen LogP contribution >= 0.6 is 0 Å². The van der Waals surface area contributed by atoms with Gasteiger partial charge in [0.05, 0.1) is 31.5 Å². The maximum absolute atomic E-state index is 10.6. The van der Waals surface area contributed by atoms with Gasteiger partial charge in [-0.3, -0.25) is 4.90 Å². The fourth-order valence-electron chi connectivity index (χ4n) is 4.11. The molecule has 1 aromatic carbocycles. The molecule has 6 nitrogen and oxygen atoms in total. The van der Waals surface area contributed by atoms with Crippen LogP contribution in [-0.4, -0.2) is 75.9 Å². The molecule has 1 aliphatic carbocycles. The van der Waals surface area contributed by atoms with Gasteiger partial charge in [-0.05, 0) is 30.4 Å². The lowest BCUT2D eigenvalue weighted by atomic mass is 9.98. The number of fused-ring (bicyclic) bond motifs is 1. The zero-order chi connectivity index (χ0) is 19.8. The molecule has 6 heteroatoms. The number of ether oxygens (including phenoxy) is 1. The molecular formula is C22H34N2O4. The highest BCUT2D eigenvalue weighted by Gasteiger charge is 2.19. The van der Waals surface area contributed by atoms with E-state index in [9.17, 15) is 15.3 Å². The van der Waals surface area contributed by atoms with Crippen molar-refractivity contribution in [2.24, 2.45) is 0 Å². The SMILES string of the molecule is OCCN(CC(O)COC1CCCCC1)CC(O)Cn1ccc2ccccc21. The highest BCUT2D eigenvalue weighted by Crippen LogP contribution is 2.20. The van der Waals surface area contributed by atoms with Crippen molar-refractivity contribution < 1.29 is 20.1 Å². The lowest BCUT2D eigenvalue weighted by molar-refractivity contribution is -0.0381. The van der Waals surface area contributed by atoms with Crippen LogP contribution in [-0.2, 0) is 11.3 Å². The number of benzene rings is 1. The van der Waals surface area contributed by atoms with Crippen LogP contribution in [0.3, 0.4) is 0 Å². The summed E-state index contributed by atoms with van der Waals surface area (Å²) in [5.74, 6) is 0. The molecule has 2 atom stereocenters. The third kappa shape index (κ3) is 6.29. The van der Waals surface area contributed by atoms with E-state index < -0.39 is 12.2 Å². The topological polar surface area (TPSA) is 78.1 Å². The van der Waals surface area contributed by atoms with E-state index in [1.54, 1.807) is 0 Å². The largest absolute Gasteiger partial charge is 0.395 e. The summed E-state index contributed by atoms with van der Waals surface area (Å²) in [7, 11) is 0. The first-order chi connectivity index (χ1) is 13.7. The Morgan fingerprint density at radius 2 is 1.79 bits per heavy atom. The Hall–Kier alpha value is -1.44. The first-order valence-corrected chi connectivity index (χ1v) is 10.5. The second-order valence-electron chi connectivity index (χ2n) is 7.91. The maximum atomic E-state index is 10.6. The van der Waals surface area contributed by atoms with Crippen LogP contribution in [0.1, 0.15) is 32.1 Å². The first kappa shape index (κ1) is 21.3. The van der Waals surface area contributed by atoms with Crippen LogP contribution in [0.4, 0.5) is 0 Å². The number of hydrogen-bond donors (Lipinski definition) is 3. The van der Waals surface area contributed by atoms with Gasteiger partial charge < -0.3 is 24.6 Å². The second kappa shape index (κ2) is 10.9. The zero-order valence-electron chi connectivity index (χ0n) is 16.6. The Labute approximate surface area is 167 Å². The monoisotopic (exact) mass is 390 g/mol. The van der Waals surface area contributed by atoms with Crippen LogP contribution in [0, 0.1) is 0 Å². The van der Waals surface area contributed by atoms with Gasteiger partial charge in [0.1, 0.15) is 0 Å². The van der Waals surface area contributed by atoms with E-state index in [4.69, 9.17) is 4.74 Å². The van der Waals surface area contributed by atoms with E-state index in [-0.39, 0.29) is 12.7 Å². The Kier molecular flexibility index (Phi) is 8.30. The number of para-hydroxylation sites is 1. The van der Waals surface area contributed by atoms with Crippen molar-refractivity contribution >= 4 is 10.9 Å². The minimum absolute atomic E-state index is 0.00459. The van der Waals surface area contributed by atoms with Gasteiger partial charge in [-0.15, -0.1) is 0 Å². The summed E-state index contributed by atoms with van der Waals surface area (Å²) in [6, 6.07) is 10.1. The molecule has 1 fully saturated rings. The molecule has 156 valence electrons. The maximum Gasteiger partial charge on any atom is 0.0900 e. The fraction of sp³-hybridized carbons (Fsp3) is 0.636. The van der Waals surface area contributed by atoms with Gasteiger partial charge in [0, 0.05) is 37.9 Å². The number of aromatic nitrogens is 1. The average molecular weight is 391 g/mol. The van der Waals surface area contributed by atoms with Crippen molar-refractivity contribution in [3.8, 4) is 0 Å². The van der Waals surface area contributed by atoms with E-state index in [0.29, 0.717) is 32.8 Å². The smallest absolute Gasteiger partial charge is 0.0900 e. The Morgan fingerprint density at radius 1 is 1.04 bits per heavy atom. The molecular weight excluding hydrogens is 356 g/mol. The fourth-order valence-corrected chi connectivity index (χ4v) is 4.11. The molecule has 2 aromatic rings. The van der Waals surface area contributed by atoms with Crippen LogP contribution in [0.2, 0.25) is 0 Å². The molecule has 1 aromatic heterocycles. The number of nitrogens with zero attached hydrogens (tertiary/aromatic N) is 2. The lowest BCUT2D eigenvalue weighted by Gasteiger charge is -2.28. The summed E-state index contributed by atoms with van der Waals surface area (Å²) in [6.45, 7) is 1.98. The molecule has 0 radical (unpaired) electrons. The third-order valence-electron chi connectivity index (χ3n) is 5.52. The first-order valence-electron chi connectivity index (χ1n) is 10.5. The molecule has 2 unspecified atom stereocenters. The van der Waals surface area contributed by atoms with Crippen molar-refractivity contribution in [2.45, 2.75) is 57.0 Å². The summed E-state index contributed by atoms with van der Waals surface area (Å²) in [4.78, 5) is 1.91. The van der Waals surface area contributed by atoms with E-state index in [1.807, 2.05) is 39.9 Å². The summed E-state index contributed by atoms with van der Waals surface area (Å²) >= 11 is 0. The van der Waals surface area contributed by atoms with Gasteiger partial charge in [-0.2, -0.15) is 0 Å². The van der Waals surface area contributed by atoms with E-state index in [0.717, 1.165) is 23.7 Å². The van der Waals surface area contributed by atoms with Gasteiger partial charge in [0.2, 0.25) is 0 Å². The van der Waals surface area contributed by atoms with Crippen molar-refractivity contribution in [1.29, 1.82) is 0 Å². The molecule has 1 saturated carbocycles. The highest BCUT2D eigenvalue weighted by molar-refractivity contribution is 5.79. The summed E-state index contributed by atoms with van der Waals surface area (Å²) in [5.41, 5.74) is 1.09. The van der Waals surface area contributed by atoms with Gasteiger partial charge >= 0.3 is 0 Å². The van der Waals surface area contributed by atoms with Gasteiger partial charge in [-0.25, -0.2) is 0 Å². The van der Waals surface area contributed by atoms with Crippen molar-refractivity contribution in [2.75, 3.05) is 32.8 Å². The molecule has 1 aliphatic rings. The molecule has 3 rings (SSSR count). The van der Waals surface area contributed by atoms with E-state index in [1.165, 1.54) is 19.3 Å². The Morgan fingerprint density at radius 3 is 2.57 bits per heavy atom. The number of rotatable bonds is 11. The molecule has 0 bridgehead atoms. The predicted octanol–water partition coefficient (Wildman–Crippen LogP) is 2.01. The quantitative estimate of drug-likeness (QED) is 0.547. The van der Waals surface area contributed by atoms with Gasteiger partial charge in [0.25, 0.3) is 0 Å². The lowest BCUT2D eigenvalue weighted by Crippen LogP contribution is -2.42. The zero-order valence-corrected chi connectivity index (χ0v) is 16.6. The van der Waals surface area contributed by atoms with Crippen molar-refractivity contribution in [3.63, 3.8) is 0 Å². The molecule has 0 amide bonds. The summed E-state index contributed by atoms with van der Waals surface area (Å²) < 4.78 is 7.90. The van der Waals surface area contributed by atoms with Crippen LogP contribution < -0.4 is 0 Å². The summed E-state index contributed by atoms with van der Waals surface area (Å²) in [5, 5.41) is 31.4. The molecule has 28 heavy (non-hydrogen) atoms. The van der Waals surface area contributed by atoms with E-state index >= 15 is 0 Å². The minimum atomic E-state index is -0.618. The van der Waals surface area contributed by atoms with Gasteiger partial charge in [-0.1, -0.05) is 37.5 Å². The van der Waals surface area contributed by atoms with Crippen molar-refractivity contribution in [1.82, 2.24) is 9.47 Å². The minimum Gasteiger partial charge on any atom is -0.395 e. The highest BCUT2D eigenvalue weighted by atomic mass is 16.5. The Bertz CT molecular complexity index is 699. The van der Waals surface area contributed by atoms with E-state index in [2.05, 4.69) is 6.07 Å². The normalized spacial score (nSPS) is 18.0. The summed E-state index contributed by atoms with van der Waals surface area (Å²) in [6.07, 6.45) is 6.89. The molecule has 0 aliphatic heterocycles. The second-order valence-corrected chi connectivity index (χ2v) is 7.91. The number of hydrogen-bond acceptors (Lipinski definition) is 5. The van der Waals surface area contributed by atoms with Crippen LogP contribution in [0.5, 0.6) is 0 Å². The number of aliphatic hydroxyl groups is 3. The van der Waals surface area contributed by atoms with Gasteiger partial charge in [0.15, 0.2) is 0 Å². The third-order valence-corrected chi connectivity index (χ3v) is 5.52. The molecule has 0 saturated heterocycles. The Balaban J connectivity index is 1.47. The van der Waals surface area contributed by atoms with Crippen LogP contribution in [0.25, 0.3) is 10.9 Å². The van der Waals surface area contributed by atoms with Crippen LogP contribution in [0.15, 0.2) is 36.5 Å². The standard InChI is InChI=1S/C22H34N2O4/c25-13-12-23(15-20(27)17-28-21-7-2-1-3-8-21)14-19(26)16-24-11-10-18-6-4-5-9-22(18)24/h4-6,9-11,19-21,25-27H,1-3,7-8,12-17H2. The molecule has 3 N–H and O–H groups in total.